The molecule has 0 saturated heterocycles. The van der Waals surface area contributed by atoms with Crippen LogP contribution >= 0.6 is 0 Å². The molecule has 9 nitrogen and oxygen atoms in total. The lowest BCUT2D eigenvalue weighted by Crippen LogP contribution is -2.40. The monoisotopic (exact) mass is 618 g/mol. The van der Waals surface area contributed by atoms with Gasteiger partial charge >= 0.3 is 12.1 Å². The van der Waals surface area contributed by atoms with Crippen LogP contribution in [0.3, 0.4) is 0 Å². The van der Waals surface area contributed by atoms with Gasteiger partial charge in [0, 0.05) is 24.8 Å². The molecule has 1 aliphatic heterocycles. The van der Waals surface area contributed by atoms with Gasteiger partial charge in [-0.05, 0) is 60.2 Å². The van der Waals surface area contributed by atoms with E-state index in [4.69, 9.17) is 4.74 Å². The first-order valence-corrected chi connectivity index (χ1v) is 15.5. The maximum atomic E-state index is 13.9. The molecule has 0 aliphatic carbocycles. The summed E-state index contributed by atoms with van der Waals surface area (Å²) in [5.74, 6) is -1.66. The van der Waals surface area contributed by atoms with Crippen molar-refractivity contribution in [2.24, 2.45) is 5.92 Å². The number of halogens is 3. The molecule has 4 rings (SSSR count). The Morgan fingerprint density at radius 2 is 1.81 bits per heavy atom. The molecule has 0 fully saturated rings. The summed E-state index contributed by atoms with van der Waals surface area (Å²) < 4.78 is 70.5. The van der Waals surface area contributed by atoms with Crippen molar-refractivity contribution in [2.75, 3.05) is 23.8 Å². The number of nitrogens with zero attached hydrogens (tertiary/aromatic N) is 3. The molecule has 43 heavy (non-hydrogen) atoms. The predicted molar refractivity (Wildman–Crippen MR) is 153 cm³/mol. The standard InChI is InChI=1S/C30H33F3N4O5S/c1-5-42-28(39)24-17-35-29(36-26(24)30(31,32)33)37-14-13-20-15-21(9-12-23(20)25(37)18(3)4)27(38)34-16-19-7-10-22(11-8-19)43(40,41)6-2/h7-12,15,17-18,25H,5-6,13-14,16H2,1-4H3,(H,34,38)/t25-/m0/s1. The molecule has 230 valence electrons. The second-order valence-corrected chi connectivity index (χ2v) is 12.7. The molecule has 2 heterocycles. The predicted octanol–water partition coefficient (Wildman–Crippen LogP) is 5.16. The Kier molecular flexibility index (Phi) is 9.43. The number of alkyl halides is 3. The van der Waals surface area contributed by atoms with E-state index in [2.05, 4.69) is 15.3 Å². The first-order valence-electron chi connectivity index (χ1n) is 13.9. The zero-order valence-electron chi connectivity index (χ0n) is 24.2. The third-order valence-corrected chi connectivity index (χ3v) is 8.98. The number of fused-ring (bicyclic) bond motifs is 1. The number of anilines is 1. The molecule has 0 bridgehead atoms. The highest BCUT2D eigenvalue weighted by molar-refractivity contribution is 7.91. The van der Waals surface area contributed by atoms with Gasteiger partial charge in [0.2, 0.25) is 5.95 Å². The Balaban J connectivity index is 1.55. The maximum Gasteiger partial charge on any atom is 0.434 e. The largest absolute Gasteiger partial charge is 0.462 e. The van der Waals surface area contributed by atoms with E-state index >= 15 is 0 Å². The summed E-state index contributed by atoms with van der Waals surface area (Å²) >= 11 is 0. The summed E-state index contributed by atoms with van der Waals surface area (Å²) in [6, 6.07) is 11.2. The summed E-state index contributed by atoms with van der Waals surface area (Å²) in [6.07, 6.45) is -3.60. The lowest BCUT2D eigenvalue weighted by Gasteiger charge is -2.40. The molecule has 0 radical (unpaired) electrons. The fraction of sp³-hybridized carbons (Fsp3) is 0.400. The summed E-state index contributed by atoms with van der Waals surface area (Å²) in [4.78, 5) is 34.9. The molecule has 3 aromatic rings. The van der Waals surface area contributed by atoms with Crippen LogP contribution in [0.5, 0.6) is 0 Å². The van der Waals surface area contributed by atoms with Crippen LogP contribution in [-0.4, -0.2) is 49.2 Å². The van der Waals surface area contributed by atoms with Crippen LogP contribution in [0, 0.1) is 5.92 Å². The topological polar surface area (TPSA) is 119 Å². The molecule has 1 amide bonds. The fourth-order valence-corrected chi connectivity index (χ4v) is 5.98. The van der Waals surface area contributed by atoms with E-state index < -0.39 is 33.2 Å². The summed E-state index contributed by atoms with van der Waals surface area (Å²) in [5.41, 5.74) is 0.804. The number of hydrogen-bond donors (Lipinski definition) is 1. The molecular formula is C30H33F3N4O5S. The van der Waals surface area contributed by atoms with E-state index in [1.54, 1.807) is 42.2 Å². The summed E-state index contributed by atoms with van der Waals surface area (Å²) in [6.45, 7) is 7.34. The highest BCUT2D eigenvalue weighted by Gasteiger charge is 2.40. The van der Waals surface area contributed by atoms with E-state index in [9.17, 15) is 31.2 Å². The molecule has 1 N–H and O–H groups in total. The highest BCUT2D eigenvalue weighted by Crippen LogP contribution is 2.39. The van der Waals surface area contributed by atoms with Crippen molar-refractivity contribution in [3.63, 3.8) is 0 Å². The zero-order chi connectivity index (χ0) is 31.5. The smallest absolute Gasteiger partial charge is 0.434 e. The van der Waals surface area contributed by atoms with E-state index in [0.29, 0.717) is 18.5 Å². The number of esters is 1. The number of benzene rings is 2. The van der Waals surface area contributed by atoms with Gasteiger partial charge in [0.1, 0.15) is 5.56 Å². The number of aromatic nitrogens is 2. The first kappa shape index (κ1) is 31.9. The van der Waals surface area contributed by atoms with Crippen molar-refractivity contribution < 1.29 is 35.9 Å². The number of nitrogens with one attached hydrogen (secondary N) is 1. The van der Waals surface area contributed by atoms with E-state index in [1.807, 2.05) is 13.8 Å². The Morgan fingerprint density at radius 3 is 2.42 bits per heavy atom. The number of carbonyl (C=O) groups excluding carboxylic acids is 2. The van der Waals surface area contributed by atoms with Gasteiger partial charge in [0.15, 0.2) is 15.5 Å². The van der Waals surface area contributed by atoms with Crippen LogP contribution in [0.15, 0.2) is 53.6 Å². The Bertz CT molecular complexity index is 1610. The van der Waals surface area contributed by atoms with E-state index in [0.717, 1.165) is 22.9 Å². The highest BCUT2D eigenvalue weighted by atomic mass is 32.2. The van der Waals surface area contributed by atoms with Crippen molar-refractivity contribution >= 4 is 27.7 Å². The maximum absolute atomic E-state index is 13.9. The van der Waals surface area contributed by atoms with E-state index in [-0.39, 0.29) is 47.6 Å². The number of hydrogen-bond acceptors (Lipinski definition) is 8. The number of rotatable bonds is 9. The minimum atomic E-state index is -4.89. The van der Waals surface area contributed by atoms with Gasteiger partial charge in [-0.2, -0.15) is 13.2 Å². The second-order valence-electron chi connectivity index (χ2n) is 10.4. The van der Waals surface area contributed by atoms with Crippen molar-refractivity contribution in [1.29, 1.82) is 0 Å². The molecule has 0 spiro atoms. The average Bonchev–Trinajstić information content (AvgIpc) is 2.98. The third-order valence-electron chi connectivity index (χ3n) is 7.23. The van der Waals surface area contributed by atoms with Gasteiger partial charge < -0.3 is 15.0 Å². The molecule has 13 heteroatoms. The number of amides is 1. The van der Waals surface area contributed by atoms with Crippen LogP contribution in [0.25, 0.3) is 0 Å². The van der Waals surface area contributed by atoms with Crippen LogP contribution in [0.4, 0.5) is 19.1 Å². The second kappa shape index (κ2) is 12.7. The molecule has 1 aliphatic rings. The fourth-order valence-electron chi connectivity index (χ4n) is 5.09. The van der Waals surface area contributed by atoms with E-state index in [1.165, 1.54) is 19.1 Å². The minimum Gasteiger partial charge on any atom is -0.462 e. The van der Waals surface area contributed by atoms with Crippen molar-refractivity contribution in [1.82, 2.24) is 15.3 Å². The lowest BCUT2D eigenvalue weighted by atomic mass is 9.85. The minimum absolute atomic E-state index is 0.000219. The Hall–Kier alpha value is -4.00. The van der Waals surface area contributed by atoms with Crippen molar-refractivity contribution in [2.45, 2.75) is 57.8 Å². The van der Waals surface area contributed by atoms with Crippen LogP contribution in [0.1, 0.15) is 76.8 Å². The van der Waals surface area contributed by atoms with Gasteiger partial charge in [-0.3, -0.25) is 4.79 Å². The molecule has 1 aromatic heterocycles. The van der Waals surface area contributed by atoms with Gasteiger partial charge in [0.25, 0.3) is 5.91 Å². The molecule has 0 unspecified atom stereocenters. The SMILES string of the molecule is CCOC(=O)c1cnc(N2CCc3cc(C(=O)NCc4ccc(S(=O)(=O)CC)cc4)ccc3[C@@H]2C(C)C)nc1C(F)(F)F. The number of sulfone groups is 1. The van der Waals surface area contributed by atoms with Crippen molar-refractivity contribution in [3.05, 3.63) is 82.2 Å². The van der Waals surface area contributed by atoms with Gasteiger partial charge in [-0.15, -0.1) is 0 Å². The third kappa shape index (κ3) is 6.98. The van der Waals surface area contributed by atoms with Crippen LogP contribution in [0.2, 0.25) is 0 Å². The average molecular weight is 619 g/mol. The van der Waals surface area contributed by atoms with Crippen LogP contribution < -0.4 is 10.2 Å². The number of ether oxygens (including phenoxy) is 1. The quantitative estimate of drug-likeness (QED) is 0.327. The lowest BCUT2D eigenvalue weighted by molar-refractivity contribution is -0.141. The molecule has 0 saturated carbocycles. The Labute approximate surface area is 248 Å². The van der Waals surface area contributed by atoms with Gasteiger partial charge in [-0.25, -0.2) is 23.2 Å². The molecule has 1 atom stereocenters. The van der Waals surface area contributed by atoms with Crippen LogP contribution in [-0.2, 0) is 33.7 Å². The summed E-state index contributed by atoms with van der Waals surface area (Å²) in [5, 5.41) is 2.84. The van der Waals surface area contributed by atoms with Gasteiger partial charge in [0.05, 0.1) is 23.3 Å². The van der Waals surface area contributed by atoms with Gasteiger partial charge in [-0.1, -0.05) is 39.0 Å². The summed E-state index contributed by atoms with van der Waals surface area (Å²) in [7, 11) is -3.31. The zero-order valence-corrected chi connectivity index (χ0v) is 25.1. The van der Waals surface area contributed by atoms with Crippen molar-refractivity contribution in [3.8, 4) is 0 Å². The molecular weight excluding hydrogens is 585 g/mol. The first-order chi connectivity index (χ1) is 20.3. The molecule has 2 aromatic carbocycles. The normalized spacial score (nSPS) is 15.3. The Morgan fingerprint density at radius 1 is 1.12 bits per heavy atom. The number of carbonyl (C=O) groups is 2.